The zero-order chi connectivity index (χ0) is 11.8. The summed E-state index contributed by atoms with van der Waals surface area (Å²) >= 11 is 0. The number of hydrogen-bond donors (Lipinski definition) is 1. The first-order chi connectivity index (χ1) is 7.50. The molecule has 2 rings (SSSR count). The highest BCUT2D eigenvalue weighted by molar-refractivity contribution is 5.52. The number of nitrogens with one attached hydrogen (secondary N) is 1. The van der Waals surface area contributed by atoms with Gasteiger partial charge in [-0.05, 0) is 31.0 Å². The van der Waals surface area contributed by atoms with Crippen molar-refractivity contribution in [3.63, 3.8) is 0 Å². The highest BCUT2D eigenvalue weighted by atomic mass is 19.4. The number of halogens is 3. The van der Waals surface area contributed by atoms with Crippen LogP contribution in [0.5, 0.6) is 5.75 Å². The molecule has 88 valence electrons. The minimum Gasteiger partial charge on any atom is -0.490 e. The molecule has 0 atom stereocenters. The Labute approximate surface area is 91.4 Å². The van der Waals surface area contributed by atoms with Crippen molar-refractivity contribution < 1.29 is 17.9 Å². The van der Waals surface area contributed by atoms with E-state index in [2.05, 4.69) is 5.32 Å². The molecule has 0 saturated heterocycles. The second-order valence-electron chi connectivity index (χ2n) is 3.78. The fourth-order valence-corrected chi connectivity index (χ4v) is 1.38. The molecular weight excluding hydrogens is 219 g/mol. The van der Waals surface area contributed by atoms with E-state index in [1.807, 2.05) is 0 Å². The van der Waals surface area contributed by atoms with Gasteiger partial charge in [-0.1, -0.05) is 0 Å². The molecule has 1 aromatic carbocycles. The van der Waals surface area contributed by atoms with Gasteiger partial charge in [-0.2, -0.15) is 13.2 Å². The van der Waals surface area contributed by atoms with Gasteiger partial charge in [-0.15, -0.1) is 0 Å². The molecule has 0 bridgehead atoms. The third-order valence-corrected chi connectivity index (χ3v) is 2.39. The van der Waals surface area contributed by atoms with Gasteiger partial charge in [0.2, 0.25) is 0 Å². The summed E-state index contributed by atoms with van der Waals surface area (Å²) in [5, 5.41) is 2.68. The third-order valence-electron chi connectivity index (χ3n) is 2.39. The quantitative estimate of drug-likeness (QED) is 0.861. The molecule has 1 saturated carbocycles. The molecule has 1 fully saturated rings. The third kappa shape index (κ3) is 2.40. The lowest BCUT2D eigenvalue weighted by Crippen LogP contribution is -2.10. The molecule has 16 heavy (non-hydrogen) atoms. The van der Waals surface area contributed by atoms with Crippen molar-refractivity contribution in [1.82, 2.24) is 0 Å². The van der Waals surface area contributed by atoms with Gasteiger partial charge < -0.3 is 10.1 Å². The smallest absolute Gasteiger partial charge is 0.420 e. The Morgan fingerprint density at radius 3 is 2.50 bits per heavy atom. The largest absolute Gasteiger partial charge is 0.490 e. The number of ether oxygens (including phenoxy) is 1. The molecule has 0 amide bonds. The highest BCUT2D eigenvalue weighted by Crippen LogP contribution is 2.40. The van der Waals surface area contributed by atoms with Crippen LogP contribution in [-0.2, 0) is 6.18 Å². The molecule has 5 heteroatoms. The van der Waals surface area contributed by atoms with Gasteiger partial charge in [-0.25, -0.2) is 0 Å². The summed E-state index contributed by atoms with van der Waals surface area (Å²) in [5.41, 5.74) is -0.290. The second-order valence-corrected chi connectivity index (χ2v) is 3.78. The minimum absolute atomic E-state index is 0.0402. The van der Waals surface area contributed by atoms with E-state index in [0.717, 1.165) is 18.9 Å². The van der Waals surface area contributed by atoms with Crippen LogP contribution in [0.2, 0.25) is 0 Å². The Morgan fingerprint density at radius 2 is 2.00 bits per heavy atom. The van der Waals surface area contributed by atoms with Crippen LogP contribution < -0.4 is 10.1 Å². The van der Waals surface area contributed by atoms with Crippen LogP contribution in [0.1, 0.15) is 18.4 Å². The van der Waals surface area contributed by atoms with Crippen molar-refractivity contribution in [2.75, 3.05) is 12.4 Å². The van der Waals surface area contributed by atoms with Crippen molar-refractivity contribution >= 4 is 5.69 Å². The summed E-state index contributed by atoms with van der Waals surface area (Å²) < 4.78 is 43.4. The molecular formula is C11H12F3NO. The van der Waals surface area contributed by atoms with Gasteiger partial charge in [0.05, 0.1) is 11.7 Å². The van der Waals surface area contributed by atoms with Gasteiger partial charge >= 0.3 is 6.18 Å². The van der Waals surface area contributed by atoms with Crippen LogP contribution in [0, 0.1) is 0 Å². The lowest BCUT2D eigenvalue weighted by atomic mass is 10.1. The van der Waals surface area contributed by atoms with Crippen LogP contribution in [-0.4, -0.2) is 13.2 Å². The summed E-state index contributed by atoms with van der Waals surface area (Å²) in [4.78, 5) is 0. The van der Waals surface area contributed by atoms with Crippen LogP contribution in [0.3, 0.4) is 0 Å². The number of hydrogen-bond acceptors (Lipinski definition) is 2. The molecule has 1 aliphatic rings. The zero-order valence-corrected chi connectivity index (χ0v) is 8.77. The predicted molar refractivity (Wildman–Crippen MR) is 54.6 cm³/mol. The number of alkyl halides is 3. The van der Waals surface area contributed by atoms with Crippen LogP contribution in [0.4, 0.5) is 18.9 Å². The molecule has 1 aromatic rings. The van der Waals surface area contributed by atoms with Gasteiger partial charge in [0, 0.05) is 12.7 Å². The number of benzene rings is 1. The van der Waals surface area contributed by atoms with Crippen molar-refractivity contribution in [1.29, 1.82) is 0 Å². The van der Waals surface area contributed by atoms with Crippen molar-refractivity contribution in [2.45, 2.75) is 25.1 Å². The normalized spacial score (nSPS) is 16.0. The van der Waals surface area contributed by atoms with Crippen molar-refractivity contribution in [2.24, 2.45) is 0 Å². The van der Waals surface area contributed by atoms with E-state index in [-0.39, 0.29) is 11.9 Å². The molecule has 0 spiro atoms. The lowest BCUT2D eigenvalue weighted by molar-refractivity contribution is -0.139. The minimum atomic E-state index is -4.38. The molecule has 0 heterocycles. The maximum absolute atomic E-state index is 12.7. The SMILES string of the molecule is CNc1ccc(OC2CC2)c(C(F)(F)F)c1. The molecule has 1 aliphatic carbocycles. The first kappa shape index (κ1) is 11.1. The summed E-state index contributed by atoms with van der Waals surface area (Å²) in [5.74, 6) is -0.0750. The van der Waals surface area contributed by atoms with Crippen LogP contribution in [0.15, 0.2) is 18.2 Å². The number of anilines is 1. The standard InChI is InChI=1S/C11H12F3NO/c1-15-7-2-5-10(16-8-3-4-8)9(6-7)11(12,13)14/h2,5-6,8,15H,3-4H2,1H3. The Morgan fingerprint density at radius 1 is 1.31 bits per heavy atom. The van der Waals surface area contributed by atoms with Crippen LogP contribution in [0.25, 0.3) is 0 Å². The van der Waals surface area contributed by atoms with E-state index in [1.165, 1.54) is 6.07 Å². The van der Waals surface area contributed by atoms with Gasteiger partial charge in [0.25, 0.3) is 0 Å². The zero-order valence-electron chi connectivity index (χ0n) is 8.77. The second kappa shape index (κ2) is 3.88. The van der Waals surface area contributed by atoms with Gasteiger partial charge in [0.15, 0.2) is 0 Å². The Kier molecular flexibility index (Phi) is 2.69. The molecule has 0 radical (unpaired) electrons. The maximum Gasteiger partial charge on any atom is 0.420 e. The van der Waals surface area contributed by atoms with Gasteiger partial charge in [-0.3, -0.25) is 0 Å². The van der Waals surface area contributed by atoms with E-state index in [9.17, 15) is 13.2 Å². The topological polar surface area (TPSA) is 21.3 Å². The maximum atomic E-state index is 12.7. The van der Waals surface area contributed by atoms with E-state index in [0.29, 0.717) is 5.69 Å². The lowest BCUT2D eigenvalue weighted by Gasteiger charge is -2.14. The highest BCUT2D eigenvalue weighted by Gasteiger charge is 2.36. The first-order valence-electron chi connectivity index (χ1n) is 5.06. The molecule has 0 unspecified atom stereocenters. The summed E-state index contributed by atoms with van der Waals surface area (Å²) in [6.07, 6.45) is -2.74. The summed E-state index contributed by atoms with van der Waals surface area (Å²) in [6, 6.07) is 4.01. The molecule has 0 aromatic heterocycles. The summed E-state index contributed by atoms with van der Waals surface area (Å²) in [6.45, 7) is 0. The Hall–Kier alpha value is -1.39. The average Bonchev–Trinajstić information content (AvgIpc) is 3.01. The molecule has 0 aliphatic heterocycles. The predicted octanol–water partition coefficient (Wildman–Crippen LogP) is 3.29. The van der Waals surface area contributed by atoms with Crippen molar-refractivity contribution in [3.8, 4) is 5.75 Å². The van der Waals surface area contributed by atoms with E-state index < -0.39 is 11.7 Å². The number of rotatable bonds is 3. The summed E-state index contributed by atoms with van der Waals surface area (Å²) in [7, 11) is 1.58. The van der Waals surface area contributed by atoms with E-state index >= 15 is 0 Å². The Balaban J connectivity index is 2.33. The molecule has 1 N–H and O–H groups in total. The van der Waals surface area contributed by atoms with Crippen molar-refractivity contribution in [3.05, 3.63) is 23.8 Å². The van der Waals surface area contributed by atoms with Gasteiger partial charge in [0.1, 0.15) is 5.75 Å². The fraction of sp³-hybridized carbons (Fsp3) is 0.455. The van der Waals surface area contributed by atoms with E-state index in [4.69, 9.17) is 4.74 Å². The Bertz CT molecular complexity index is 385. The average molecular weight is 231 g/mol. The fourth-order valence-electron chi connectivity index (χ4n) is 1.38. The first-order valence-corrected chi connectivity index (χ1v) is 5.06. The monoisotopic (exact) mass is 231 g/mol. The molecule has 2 nitrogen and oxygen atoms in total. The van der Waals surface area contributed by atoms with Crippen LogP contribution >= 0.6 is 0 Å². The van der Waals surface area contributed by atoms with E-state index in [1.54, 1.807) is 13.1 Å².